The number of hydrogen-bond acceptors (Lipinski definition) is 8. The third kappa shape index (κ3) is 3.44. The molecule has 0 spiro atoms. The Bertz CT molecular complexity index is 899. The van der Waals surface area contributed by atoms with E-state index in [-0.39, 0.29) is 5.82 Å². The lowest BCUT2D eigenvalue weighted by molar-refractivity contribution is -0.0514. The third-order valence-corrected chi connectivity index (χ3v) is 5.59. The lowest BCUT2D eigenvalue weighted by Gasteiger charge is -2.19. The van der Waals surface area contributed by atoms with E-state index in [9.17, 15) is 15.3 Å². The van der Waals surface area contributed by atoms with E-state index < -0.39 is 31.1 Å². The number of nitrogen functional groups attached to an aromatic ring is 1. The summed E-state index contributed by atoms with van der Waals surface area (Å²) >= 11 is 0. The summed E-state index contributed by atoms with van der Waals surface area (Å²) in [5, 5.41) is 30.0. The minimum absolute atomic E-state index is 0.200. The summed E-state index contributed by atoms with van der Waals surface area (Å²) in [6.45, 7) is -0.416. The number of ether oxygens (including phenoxy) is 1. The van der Waals surface area contributed by atoms with Crippen molar-refractivity contribution in [2.75, 3.05) is 12.3 Å². The van der Waals surface area contributed by atoms with Crippen LogP contribution >= 0.6 is 0 Å². The van der Waals surface area contributed by atoms with Gasteiger partial charge in [0.05, 0.1) is 6.61 Å². The number of nitrogens with zero attached hydrogens (tertiary/aromatic N) is 4. The molecule has 1 aliphatic carbocycles. The molecule has 4 rings (SSSR count). The molecule has 9 heteroatoms. The Balaban J connectivity index is 1.70. The molecule has 4 atom stereocenters. The fraction of sp³-hybridized carbons (Fsp3) is 0.632. The van der Waals surface area contributed by atoms with Crippen LogP contribution in [0.4, 0.5) is 5.82 Å². The van der Waals surface area contributed by atoms with Gasteiger partial charge in [-0.15, -0.1) is 0 Å². The van der Waals surface area contributed by atoms with Gasteiger partial charge in [0, 0.05) is 6.42 Å². The van der Waals surface area contributed by atoms with Crippen LogP contribution in [0, 0.1) is 17.8 Å². The molecule has 9 nitrogen and oxygen atoms in total. The van der Waals surface area contributed by atoms with E-state index in [0.717, 1.165) is 6.42 Å². The normalized spacial score (nSPS) is 28.4. The molecule has 1 saturated carbocycles. The maximum absolute atomic E-state index is 10.5. The van der Waals surface area contributed by atoms with E-state index in [1.807, 2.05) is 0 Å². The first-order chi connectivity index (χ1) is 13.6. The minimum Gasteiger partial charge on any atom is -0.394 e. The number of anilines is 1. The van der Waals surface area contributed by atoms with Crippen molar-refractivity contribution in [1.82, 2.24) is 19.5 Å². The number of rotatable bonds is 3. The topological polar surface area (TPSA) is 140 Å². The van der Waals surface area contributed by atoms with E-state index in [0.29, 0.717) is 22.9 Å². The Morgan fingerprint density at radius 2 is 1.96 bits per heavy atom. The van der Waals surface area contributed by atoms with E-state index in [1.165, 1.54) is 43.0 Å². The average molecular weight is 387 g/mol. The number of aromatic nitrogens is 4. The Labute approximate surface area is 162 Å². The summed E-state index contributed by atoms with van der Waals surface area (Å²) in [5.74, 6) is 7.40. The molecule has 150 valence electrons. The lowest BCUT2D eigenvalue weighted by atomic mass is 9.87. The fourth-order valence-corrected chi connectivity index (χ4v) is 4.01. The summed E-state index contributed by atoms with van der Waals surface area (Å²) < 4.78 is 7.20. The highest BCUT2D eigenvalue weighted by Crippen LogP contribution is 2.33. The molecule has 28 heavy (non-hydrogen) atoms. The van der Waals surface area contributed by atoms with Crippen molar-refractivity contribution in [2.24, 2.45) is 5.92 Å². The highest BCUT2D eigenvalue weighted by molar-refractivity contribution is 5.82. The molecular formula is C19H25N5O4. The zero-order valence-electron chi connectivity index (χ0n) is 15.5. The molecule has 0 bridgehead atoms. The van der Waals surface area contributed by atoms with Gasteiger partial charge in [-0.05, 0) is 24.7 Å². The number of imidazole rings is 1. The van der Waals surface area contributed by atoms with Crippen molar-refractivity contribution in [3.8, 4) is 11.8 Å². The van der Waals surface area contributed by atoms with Crippen molar-refractivity contribution in [2.45, 2.75) is 63.1 Å². The maximum atomic E-state index is 10.5. The van der Waals surface area contributed by atoms with Gasteiger partial charge in [0.2, 0.25) is 0 Å². The van der Waals surface area contributed by atoms with Crippen LogP contribution in [0.5, 0.6) is 0 Å². The van der Waals surface area contributed by atoms with Crippen LogP contribution in [-0.2, 0) is 4.74 Å². The first-order valence-electron chi connectivity index (χ1n) is 9.70. The Hall–Kier alpha value is -2.25. The van der Waals surface area contributed by atoms with Gasteiger partial charge >= 0.3 is 0 Å². The summed E-state index contributed by atoms with van der Waals surface area (Å²) in [6, 6.07) is 0. The van der Waals surface area contributed by atoms with Crippen molar-refractivity contribution in [3.63, 3.8) is 0 Å². The predicted octanol–water partition coefficient (Wildman–Crippen LogP) is 0.342. The molecule has 1 saturated heterocycles. The van der Waals surface area contributed by atoms with Gasteiger partial charge in [0.1, 0.15) is 24.6 Å². The Morgan fingerprint density at radius 3 is 2.68 bits per heavy atom. The van der Waals surface area contributed by atoms with E-state index in [1.54, 1.807) is 0 Å². The van der Waals surface area contributed by atoms with E-state index in [2.05, 4.69) is 26.8 Å². The zero-order valence-corrected chi connectivity index (χ0v) is 15.5. The van der Waals surface area contributed by atoms with Crippen LogP contribution < -0.4 is 5.73 Å². The molecule has 2 aromatic rings. The second-order valence-corrected chi connectivity index (χ2v) is 7.48. The molecule has 2 fully saturated rings. The molecule has 2 aliphatic rings. The molecule has 5 N–H and O–H groups in total. The van der Waals surface area contributed by atoms with Crippen molar-refractivity contribution in [3.05, 3.63) is 12.2 Å². The van der Waals surface area contributed by atoms with Crippen LogP contribution in [0.3, 0.4) is 0 Å². The quantitative estimate of drug-likeness (QED) is 0.553. The standard InChI is InChI=1S/C19H25N5O4/c20-17-14-18(22-10-21-17)24(19-16(27)15(26)12(9-25)28-19)13(23-14)8-4-7-11-5-2-1-3-6-11/h10-12,15-16,19,25-27H,1-3,5-7,9H2,(H2,20,21,22)/t12-,15-,16-,19-/m1/s1. The van der Waals surface area contributed by atoms with Crippen LogP contribution in [-0.4, -0.2) is 59.8 Å². The molecule has 2 aromatic heterocycles. The van der Waals surface area contributed by atoms with Gasteiger partial charge in [0.15, 0.2) is 29.0 Å². The minimum atomic E-state index is -1.26. The number of hydrogen-bond donors (Lipinski definition) is 4. The summed E-state index contributed by atoms with van der Waals surface area (Å²) in [5.41, 5.74) is 6.66. The van der Waals surface area contributed by atoms with Crippen LogP contribution in [0.2, 0.25) is 0 Å². The van der Waals surface area contributed by atoms with E-state index in [4.69, 9.17) is 10.5 Å². The van der Waals surface area contributed by atoms with Gasteiger partial charge in [-0.3, -0.25) is 4.57 Å². The number of aliphatic hydroxyl groups excluding tert-OH is 3. The highest BCUT2D eigenvalue weighted by Gasteiger charge is 2.44. The predicted molar refractivity (Wildman–Crippen MR) is 101 cm³/mol. The Kier molecular flexibility index (Phi) is 5.46. The SMILES string of the molecule is Nc1ncnc2c1nc(C#CCC1CCCCC1)n2[C@@H]1O[C@H](CO)[C@@H](O)[C@H]1O. The summed E-state index contributed by atoms with van der Waals surface area (Å²) in [6.07, 6.45) is 3.89. The second kappa shape index (κ2) is 8.01. The Morgan fingerprint density at radius 1 is 1.18 bits per heavy atom. The number of aliphatic hydroxyl groups is 3. The van der Waals surface area contributed by atoms with Gasteiger partial charge in [-0.25, -0.2) is 15.0 Å². The number of fused-ring (bicyclic) bond motifs is 1. The molecule has 3 heterocycles. The summed E-state index contributed by atoms with van der Waals surface area (Å²) in [7, 11) is 0. The van der Waals surface area contributed by atoms with Crippen LogP contribution in [0.25, 0.3) is 11.2 Å². The smallest absolute Gasteiger partial charge is 0.189 e. The van der Waals surface area contributed by atoms with Gasteiger partial charge < -0.3 is 25.8 Å². The van der Waals surface area contributed by atoms with Crippen molar-refractivity contribution >= 4 is 17.0 Å². The average Bonchev–Trinajstić information content (AvgIpc) is 3.21. The number of nitrogens with two attached hydrogens (primary N) is 1. The zero-order chi connectivity index (χ0) is 19.7. The maximum Gasteiger partial charge on any atom is 0.189 e. The highest BCUT2D eigenvalue weighted by atomic mass is 16.6. The second-order valence-electron chi connectivity index (χ2n) is 7.48. The van der Waals surface area contributed by atoms with Gasteiger partial charge in [0.25, 0.3) is 0 Å². The molecule has 0 amide bonds. The van der Waals surface area contributed by atoms with Crippen LogP contribution in [0.15, 0.2) is 6.33 Å². The van der Waals surface area contributed by atoms with Crippen LogP contribution in [0.1, 0.15) is 50.6 Å². The first kappa shape index (κ1) is 19.1. The lowest BCUT2D eigenvalue weighted by Crippen LogP contribution is -2.33. The van der Waals surface area contributed by atoms with Crippen molar-refractivity contribution < 1.29 is 20.1 Å². The molecule has 0 aromatic carbocycles. The molecular weight excluding hydrogens is 362 g/mol. The summed E-state index contributed by atoms with van der Waals surface area (Å²) in [4.78, 5) is 12.6. The largest absolute Gasteiger partial charge is 0.394 e. The fourth-order valence-electron chi connectivity index (χ4n) is 4.01. The molecule has 1 aliphatic heterocycles. The van der Waals surface area contributed by atoms with E-state index >= 15 is 0 Å². The molecule has 0 unspecified atom stereocenters. The third-order valence-electron chi connectivity index (χ3n) is 5.59. The van der Waals surface area contributed by atoms with Gasteiger partial charge in [-0.1, -0.05) is 25.2 Å². The monoisotopic (exact) mass is 387 g/mol. The molecule has 0 radical (unpaired) electrons. The van der Waals surface area contributed by atoms with Gasteiger partial charge in [-0.2, -0.15) is 0 Å². The first-order valence-corrected chi connectivity index (χ1v) is 9.70. The van der Waals surface area contributed by atoms with Crippen molar-refractivity contribution in [1.29, 1.82) is 0 Å².